The van der Waals surface area contributed by atoms with Gasteiger partial charge in [-0.05, 0) is 39.9 Å². The third-order valence-corrected chi connectivity index (χ3v) is 2.95. The van der Waals surface area contributed by atoms with Gasteiger partial charge in [0.15, 0.2) is 6.10 Å². The van der Waals surface area contributed by atoms with Crippen LogP contribution in [0, 0.1) is 5.41 Å². The number of methoxy groups -OCH3 is 1. The Balaban J connectivity index is 2.45. The summed E-state index contributed by atoms with van der Waals surface area (Å²) in [6.45, 7) is 0.897. The quantitative estimate of drug-likeness (QED) is 0.648. The van der Waals surface area contributed by atoms with Crippen LogP contribution in [0.1, 0.15) is 19.3 Å². The molecule has 0 spiro atoms. The van der Waals surface area contributed by atoms with Crippen molar-refractivity contribution in [3.8, 4) is 0 Å². The number of hydrogen-bond donors (Lipinski definition) is 1. The van der Waals surface area contributed by atoms with E-state index in [0.29, 0.717) is 0 Å². The van der Waals surface area contributed by atoms with Crippen molar-refractivity contribution in [2.45, 2.75) is 25.4 Å². The molecule has 0 bridgehead atoms. The monoisotopic (exact) mass is 201 g/mol. The normalized spacial score (nSPS) is 20.6. The van der Waals surface area contributed by atoms with Gasteiger partial charge in [0, 0.05) is 5.41 Å². The highest BCUT2D eigenvalue weighted by molar-refractivity contribution is 5.75. The van der Waals surface area contributed by atoms with E-state index in [1.54, 1.807) is 0 Å². The highest BCUT2D eigenvalue weighted by Gasteiger charge is 2.51. The van der Waals surface area contributed by atoms with Gasteiger partial charge in [-0.25, -0.2) is 4.79 Å². The van der Waals surface area contributed by atoms with Gasteiger partial charge in [-0.1, -0.05) is 0 Å². The molecule has 1 fully saturated rings. The fraction of sp³-hybridized carbons (Fsp3) is 0.900. The molecule has 1 unspecified atom stereocenters. The number of aliphatic hydroxyl groups excluding tert-OH is 1. The van der Waals surface area contributed by atoms with E-state index in [9.17, 15) is 9.90 Å². The first-order valence-electron chi connectivity index (χ1n) is 4.92. The van der Waals surface area contributed by atoms with Gasteiger partial charge in [-0.2, -0.15) is 0 Å². The lowest BCUT2D eigenvalue weighted by molar-refractivity contribution is -0.154. The zero-order valence-corrected chi connectivity index (χ0v) is 9.12. The molecule has 0 heterocycles. The van der Waals surface area contributed by atoms with Gasteiger partial charge in [0.1, 0.15) is 0 Å². The molecule has 0 aromatic carbocycles. The molecule has 4 nitrogen and oxygen atoms in total. The smallest absolute Gasteiger partial charge is 0.335 e. The van der Waals surface area contributed by atoms with E-state index in [2.05, 4.69) is 9.64 Å². The first-order valence-corrected chi connectivity index (χ1v) is 4.92. The van der Waals surface area contributed by atoms with Crippen molar-refractivity contribution in [2.24, 2.45) is 5.41 Å². The van der Waals surface area contributed by atoms with Crippen molar-refractivity contribution >= 4 is 5.97 Å². The van der Waals surface area contributed by atoms with Gasteiger partial charge in [0.25, 0.3) is 0 Å². The Morgan fingerprint density at radius 2 is 2.14 bits per heavy atom. The molecule has 1 aliphatic carbocycles. The SMILES string of the molecule is COC(=O)C(O)C1(CCN(C)C)CC1. The highest BCUT2D eigenvalue weighted by Crippen LogP contribution is 2.52. The van der Waals surface area contributed by atoms with Crippen LogP contribution in [-0.4, -0.2) is 49.8 Å². The molecule has 0 amide bonds. The summed E-state index contributed by atoms with van der Waals surface area (Å²) in [4.78, 5) is 13.2. The molecule has 1 aliphatic rings. The van der Waals surface area contributed by atoms with Crippen molar-refractivity contribution in [3.63, 3.8) is 0 Å². The van der Waals surface area contributed by atoms with Crippen molar-refractivity contribution < 1.29 is 14.6 Å². The van der Waals surface area contributed by atoms with E-state index in [1.165, 1.54) is 7.11 Å². The molecule has 1 saturated carbocycles. The summed E-state index contributed by atoms with van der Waals surface area (Å²) < 4.78 is 4.54. The second-order valence-corrected chi connectivity index (χ2v) is 4.34. The summed E-state index contributed by atoms with van der Waals surface area (Å²) in [6.07, 6.45) is 1.78. The second kappa shape index (κ2) is 4.28. The summed E-state index contributed by atoms with van der Waals surface area (Å²) in [7, 11) is 5.29. The van der Waals surface area contributed by atoms with Crippen LogP contribution in [0.2, 0.25) is 0 Å². The minimum atomic E-state index is -0.938. The van der Waals surface area contributed by atoms with Gasteiger partial charge >= 0.3 is 5.97 Å². The van der Waals surface area contributed by atoms with Crippen molar-refractivity contribution in [2.75, 3.05) is 27.7 Å². The Kier molecular flexibility index (Phi) is 3.50. The maximum atomic E-state index is 11.2. The summed E-state index contributed by atoms with van der Waals surface area (Å²) in [5, 5.41) is 9.73. The first-order chi connectivity index (χ1) is 6.52. The van der Waals surface area contributed by atoms with Crippen LogP contribution < -0.4 is 0 Å². The van der Waals surface area contributed by atoms with Crippen LogP contribution in [0.3, 0.4) is 0 Å². The molecule has 0 aromatic rings. The Morgan fingerprint density at radius 1 is 1.57 bits per heavy atom. The zero-order valence-electron chi connectivity index (χ0n) is 9.12. The fourth-order valence-electron chi connectivity index (χ4n) is 1.63. The topological polar surface area (TPSA) is 49.8 Å². The molecule has 1 N–H and O–H groups in total. The van der Waals surface area contributed by atoms with Gasteiger partial charge < -0.3 is 14.7 Å². The highest BCUT2D eigenvalue weighted by atomic mass is 16.5. The van der Waals surface area contributed by atoms with Crippen LogP contribution in [0.25, 0.3) is 0 Å². The lowest BCUT2D eigenvalue weighted by Gasteiger charge is -2.21. The van der Waals surface area contributed by atoms with Crippen LogP contribution in [0.15, 0.2) is 0 Å². The van der Waals surface area contributed by atoms with Crippen LogP contribution in [0.4, 0.5) is 0 Å². The lowest BCUT2D eigenvalue weighted by Crippen LogP contribution is -2.34. The average Bonchev–Trinajstić information content (AvgIpc) is 2.93. The molecule has 0 radical (unpaired) electrons. The third-order valence-electron chi connectivity index (χ3n) is 2.95. The first kappa shape index (κ1) is 11.5. The van der Waals surface area contributed by atoms with Gasteiger partial charge in [-0.3, -0.25) is 0 Å². The molecule has 0 aromatic heterocycles. The Labute approximate surface area is 84.8 Å². The number of nitrogens with zero attached hydrogens (tertiary/aromatic N) is 1. The number of hydrogen-bond acceptors (Lipinski definition) is 4. The predicted molar refractivity (Wildman–Crippen MR) is 52.9 cm³/mol. The van der Waals surface area contributed by atoms with Gasteiger partial charge in [-0.15, -0.1) is 0 Å². The van der Waals surface area contributed by atoms with E-state index in [-0.39, 0.29) is 5.41 Å². The van der Waals surface area contributed by atoms with E-state index in [1.807, 2.05) is 14.1 Å². The molecule has 14 heavy (non-hydrogen) atoms. The molecule has 1 rings (SSSR count). The van der Waals surface area contributed by atoms with E-state index < -0.39 is 12.1 Å². The molecule has 0 aliphatic heterocycles. The maximum Gasteiger partial charge on any atom is 0.335 e. The molecular formula is C10H19NO3. The van der Waals surface area contributed by atoms with E-state index in [4.69, 9.17) is 0 Å². The zero-order chi connectivity index (χ0) is 10.8. The third kappa shape index (κ3) is 2.45. The second-order valence-electron chi connectivity index (χ2n) is 4.34. The molecular weight excluding hydrogens is 182 g/mol. The van der Waals surface area contributed by atoms with E-state index in [0.717, 1.165) is 25.8 Å². The lowest BCUT2D eigenvalue weighted by atomic mass is 9.95. The van der Waals surface area contributed by atoms with Crippen molar-refractivity contribution in [1.29, 1.82) is 0 Å². The molecule has 4 heteroatoms. The summed E-state index contributed by atoms with van der Waals surface area (Å²) in [5.41, 5.74) is -0.197. The maximum absolute atomic E-state index is 11.2. The van der Waals surface area contributed by atoms with Crippen molar-refractivity contribution in [3.05, 3.63) is 0 Å². The number of ether oxygens (including phenoxy) is 1. The molecule has 82 valence electrons. The van der Waals surface area contributed by atoms with Gasteiger partial charge in [0.05, 0.1) is 7.11 Å². The Bertz CT molecular complexity index is 211. The fourth-order valence-corrected chi connectivity index (χ4v) is 1.63. The predicted octanol–water partition coefficient (Wildman–Crippen LogP) is 0.252. The van der Waals surface area contributed by atoms with Crippen LogP contribution in [-0.2, 0) is 9.53 Å². The summed E-state index contributed by atoms with van der Waals surface area (Å²) >= 11 is 0. The molecule has 1 atom stereocenters. The Hall–Kier alpha value is -0.610. The van der Waals surface area contributed by atoms with Crippen molar-refractivity contribution in [1.82, 2.24) is 4.90 Å². The number of rotatable bonds is 5. The Morgan fingerprint density at radius 3 is 2.50 bits per heavy atom. The van der Waals surface area contributed by atoms with Crippen LogP contribution >= 0.6 is 0 Å². The summed E-state index contributed by atoms with van der Waals surface area (Å²) in [5.74, 6) is -0.499. The minimum absolute atomic E-state index is 0.197. The number of aliphatic hydroxyl groups is 1. The number of carbonyl (C=O) groups is 1. The largest absolute Gasteiger partial charge is 0.467 e. The summed E-state index contributed by atoms with van der Waals surface area (Å²) in [6, 6.07) is 0. The molecule has 0 saturated heterocycles. The minimum Gasteiger partial charge on any atom is -0.467 e. The van der Waals surface area contributed by atoms with E-state index >= 15 is 0 Å². The number of esters is 1. The average molecular weight is 201 g/mol. The van der Waals surface area contributed by atoms with Gasteiger partial charge in [0.2, 0.25) is 0 Å². The number of carbonyl (C=O) groups excluding carboxylic acids is 1. The standard InChI is InChI=1S/C10H19NO3/c1-11(2)7-6-10(4-5-10)8(12)9(13)14-3/h8,12H,4-7H2,1-3H3. The van der Waals surface area contributed by atoms with Crippen LogP contribution in [0.5, 0.6) is 0 Å².